The van der Waals surface area contributed by atoms with E-state index >= 15 is 0 Å². The maximum Gasteiger partial charge on any atom is 0.262 e. The molecule has 1 aliphatic carbocycles. The minimum Gasteiger partial charge on any atom is -0.480 e. The lowest BCUT2D eigenvalue weighted by molar-refractivity contribution is 0.0920. The van der Waals surface area contributed by atoms with Gasteiger partial charge in [-0.15, -0.1) is 0 Å². The number of carbonyl (C=O) groups excluding carboxylic acids is 1. The molecule has 110 valence electrons. The number of nitrogens with one attached hydrogen (secondary N) is 1. The predicted octanol–water partition coefficient (Wildman–Crippen LogP) is 0.351. The summed E-state index contributed by atoms with van der Waals surface area (Å²) in [6, 6.07) is 0.0853. The third-order valence-corrected chi connectivity index (χ3v) is 3.67. The third-order valence-electron chi connectivity index (χ3n) is 3.67. The zero-order chi connectivity index (χ0) is 14.5. The maximum atomic E-state index is 12.4. The summed E-state index contributed by atoms with van der Waals surface area (Å²) in [6.45, 7) is 0.574. The summed E-state index contributed by atoms with van der Waals surface area (Å²) in [6.07, 6.45) is 4.35. The van der Waals surface area contributed by atoms with Crippen molar-refractivity contribution in [1.29, 1.82) is 0 Å². The van der Waals surface area contributed by atoms with E-state index in [4.69, 9.17) is 15.2 Å². The van der Waals surface area contributed by atoms with Crippen molar-refractivity contribution in [2.24, 2.45) is 11.7 Å². The number of nitrogens with two attached hydrogens (primary N) is 1. The fourth-order valence-corrected chi connectivity index (χ4v) is 2.61. The first-order chi connectivity index (χ1) is 9.71. The number of nitrogens with zero attached hydrogens (tertiary/aromatic N) is 2. The quantitative estimate of drug-likeness (QED) is 0.807. The van der Waals surface area contributed by atoms with Gasteiger partial charge in [0, 0.05) is 6.04 Å². The van der Waals surface area contributed by atoms with E-state index in [1.54, 1.807) is 0 Å². The lowest BCUT2D eigenvalue weighted by atomic mass is 10.0. The van der Waals surface area contributed by atoms with E-state index < -0.39 is 0 Å². The monoisotopic (exact) mass is 280 g/mol. The number of methoxy groups -OCH3 is 2. The first-order valence-electron chi connectivity index (χ1n) is 6.65. The molecule has 1 amide bonds. The van der Waals surface area contributed by atoms with Gasteiger partial charge in [0.2, 0.25) is 11.8 Å². The van der Waals surface area contributed by atoms with Crippen LogP contribution in [0.2, 0.25) is 0 Å². The molecule has 0 aliphatic heterocycles. The molecule has 2 rings (SSSR count). The van der Waals surface area contributed by atoms with Crippen molar-refractivity contribution in [2.45, 2.75) is 25.3 Å². The molecule has 1 aromatic rings. The standard InChI is InChI=1S/C13H20N4O3/c1-19-12-10(13(20-2)16-7-15-12)11(18)17-9-5-3-4-8(9)6-14/h7-9H,3-6,14H2,1-2H3,(H,17,18)/t8-,9+/m1/s1. The van der Waals surface area contributed by atoms with Crippen molar-refractivity contribution in [1.82, 2.24) is 15.3 Å². The molecule has 0 spiro atoms. The van der Waals surface area contributed by atoms with Gasteiger partial charge >= 0.3 is 0 Å². The summed E-state index contributed by atoms with van der Waals surface area (Å²) in [7, 11) is 2.91. The molecule has 1 fully saturated rings. The number of hydrogen-bond donors (Lipinski definition) is 2. The number of rotatable bonds is 5. The maximum absolute atomic E-state index is 12.4. The van der Waals surface area contributed by atoms with Gasteiger partial charge < -0.3 is 20.5 Å². The van der Waals surface area contributed by atoms with E-state index in [0.717, 1.165) is 19.3 Å². The second-order valence-corrected chi connectivity index (χ2v) is 4.77. The van der Waals surface area contributed by atoms with Gasteiger partial charge in [-0.25, -0.2) is 9.97 Å². The number of ether oxygens (including phenoxy) is 2. The zero-order valence-electron chi connectivity index (χ0n) is 11.8. The molecule has 1 saturated carbocycles. The molecule has 2 atom stereocenters. The Morgan fingerprint density at radius 1 is 1.35 bits per heavy atom. The van der Waals surface area contributed by atoms with E-state index in [9.17, 15) is 4.79 Å². The van der Waals surface area contributed by atoms with Crippen LogP contribution in [0.4, 0.5) is 0 Å². The number of carbonyl (C=O) groups is 1. The Kier molecular flexibility index (Phi) is 4.73. The lowest BCUT2D eigenvalue weighted by Crippen LogP contribution is -2.40. The molecule has 0 aromatic carbocycles. The van der Waals surface area contributed by atoms with Gasteiger partial charge in [-0.2, -0.15) is 0 Å². The average Bonchev–Trinajstić information content (AvgIpc) is 2.93. The Hall–Kier alpha value is -1.89. The Balaban J connectivity index is 2.20. The fraction of sp³-hybridized carbons (Fsp3) is 0.615. The molecule has 20 heavy (non-hydrogen) atoms. The first kappa shape index (κ1) is 14.5. The van der Waals surface area contributed by atoms with Crippen LogP contribution in [-0.2, 0) is 0 Å². The number of hydrogen-bond acceptors (Lipinski definition) is 6. The van der Waals surface area contributed by atoms with Crippen LogP contribution in [0.3, 0.4) is 0 Å². The molecule has 1 aromatic heterocycles. The van der Waals surface area contributed by atoms with Crippen LogP contribution in [0.25, 0.3) is 0 Å². The van der Waals surface area contributed by atoms with Crippen molar-refractivity contribution in [3.63, 3.8) is 0 Å². The molecule has 0 unspecified atom stereocenters. The summed E-state index contributed by atoms with van der Waals surface area (Å²) in [5.74, 6) is 0.443. The molecule has 0 radical (unpaired) electrons. The largest absolute Gasteiger partial charge is 0.480 e. The second kappa shape index (κ2) is 6.51. The van der Waals surface area contributed by atoms with E-state index in [1.165, 1.54) is 20.5 Å². The van der Waals surface area contributed by atoms with Crippen LogP contribution in [0, 0.1) is 5.92 Å². The number of aromatic nitrogens is 2. The summed E-state index contributed by atoms with van der Waals surface area (Å²) in [5, 5.41) is 2.99. The molecule has 0 bridgehead atoms. The fourth-order valence-electron chi connectivity index (χ4n) is 2.61. The van der Waals surface area contributed by atoms with Crippen molar-refractivity contribution >= 4 is 5.91 Å². The van der Waals surface area contributed by atoms with Gasteiger partial charge in [-0.1, -0.05) is 6.42 Å². The van der Waals surface area contributed by atoms with Crippen LogP contribution >= 0.6 is 0 Å². The summed E-state index contributed by atoms with van der Waals surface area (Å²) >= 11 is 0. The highest BCUT2D eigenvalue weighted by Gasteiger charge is 2.30. The van der Waals surface area contributed by atoms with Crippen LogP contribution in [-0.4, -0.2) is 42.7 Å². The smallest absolute Gasteiger partial charge is 0.262 e. The zero-order valence-corrected chi connectivity index (χ0v) is 11.8. The van der Waals surface area contributed by atoms with Gasteiger partial charge in [-0.05, 0) is 25.3 Å². The molecule has 1 heterocycles. The van der Waals surface area contributed by atoms with Crippen molar-refractivity contribution in [3.8, 4) is 11.8 Å². The van der Waals surface area contributed by atoms with Crippen LogP contribution < -0.4 is 20.5 Å². The highest BCUT2D eigenvalue weighted by atomic mass is 16.5. The van der Waals surface area contributed by atoms with Crippen molar-refractivity contribution in [2.75, 3.05) is 20.8 Å². The highest BCUT2D eigenvalue weighted by Crippen LogP contribution is 2.27. The molecular weight excluding hydrogens is 260 g/mol. The van der Waals surface area contributed by atoms with Crippen molar-refractivity contribution in [3.05, 3.63) is 11.9 Å². The van der Waals surface area contributed by atoms with Crippen LogP contribution in [0.1, 0.15) is 29.6 Å². The second-order valence-electron chi connectivity index (χ2n) is 4.77. The topological polar surface area (TPSA) is 99.4 Å². The first-order valence-corrected chi connectivity index (χ1v) is 6.65. The van der Waals surface area contributed by atoms with Gasteiger partial charge in [0.05, 0.1) is 14.2 Å². The van der Waals surface area contributed by atoms with Gasteiger partial charge in [-0.3, -0.25) is 4.79 Å². The minimum atomic E-state index is -0.287. The van der Waals surface area contributed by atoms with E-state index in [0.29, 0.717) is 12.5 Å². The normalized spacial score (nSPS) is 21.6. The van der Waals surface area contributed by atoms with E-state index in [1.807, 2.05) is 0 Å². The Labute approximate surface area is 117 Å². The molecule has 3 N–H and O–H groups in total. The van der Waals surface area contributed by atoms with Crippen LogP contribution in [0.15, 0.2) is 6.33 Å². The molecule has 0 saturated heterocycles. The molecule has 7 nitrogen and oxygen atoms in total. The van der Waals surface area contributed by atoms with E-state index in [-0.39, 0.29) is 29.3 Å². The predicted molar refractivity (Wildman–Crippen MR) is 72.8 cm³/mol. The average molecular weight is 280 g/mol. The minimum absolute atomic E-state index is 0.0853. The summed E-state index contributed by atoms with van der Waals surface area (Å²) in [4.78, 5) is 20.3. The third kappa shape index (κ3) is 2.82. The van der Waals surface area contributed by atoms with Gasteiger partial charge in [0.25, 0.3) is 5.91 Å². The van der Waals surface area contributed by atoms with Gasteiger partial charge in [0.1, 0.15) is 6.33 Å². The van der Waals surface area contributed by atoms with Crippen LogP contribution in [0.5, 0.6) is 11.8 Å². The summed E-state index contributed by atoms with van der Waals surface area (Å²) in [5.41, 5.74) is 5.95. The summed E-state index contributed by atoms with van der Waals surface area (Å²) < 4.78 is 10.2. The Morgan fingerprint density at radius 2 is 2.00 bits per heavy atom. The van der Waals surface area contributed by atoms with E-state index in [2.05, 4.69) is 15.3 Å². The molecule has 7 heteroatoms. The van der Waals surface area contributed by atoms with Crippen molar-refractivity contribution < 1.29 is 14.3 Å². The Bertz CT molecular complexity index is 458. The lowest BCUT2D eigenvalue weighted by Gasteiger charge is -2.20. The van der Waals surface area contributed by atoms with Gasteiger partial charge in [0.15, 0.2) is 5.56 Å². The Morgan fingerprint density at radius 3 is 2.55 bits per heavy atom. The molecule has 1 aliphatic rings. The SMILES string of the molecule is COc1ncnc(OC)c1C(=O)N[C@H]1CCC[C@@H]1CN. The highest BCUT2D eigenvalue weighted by molar-refractivity contribution is 5.98. The number of amides is 1. The molecular formula is C13H20N4O3.